The van der Waals surface area contributed by atoms with Crippen LogP contribution in [-0.2, 0) is 20.8 Å². The van der Waals surface area contributed by atoms with E-state index in [-0.39, 0.29) is 22.8 Å². The minimum Gasteiger partial charge on any atom is -0.480 e. The van der Waals surface area contributed by atoms with Crippen LogP contribution in [0.25, 0.3) is 5.57 Å². The number of hydrogen-bond acceptors (Lipinski definition) is 4. The Morgan fingerprint density at radius 2 is 1.86 bits per heavy atom. The van der Waals surface area contributed by atoms with Crippen LogP contribution in [-0.4, -0.2) is 38.9 Å². The Morgan fingerprint density at radius 3 is 2.55 bits per heavy atom. The van der Waals surface area contributed by atoms with Crippen molar-refractivity contribution in [3.63, 3.8) is 0 Å². The largest absolute Gasteiger partial charge is 0.480 e. The number of amides is 2. The van der Waals surface area contributed by atoms with E-state index >= 15 is 0 Å². The van der Waals surface area contributed by atoms with E-state index in [4.69, 9.17) is 12.2 Å². The summed E-state index contributed by atoms with van der Waals surface area (Å²) < 4.78 is 0.739. The third kappa shape index (κ3) is 3.43. The van der Waals surface area contributed by atoms with Crippen LogP contribution in [0.4, 0.5) is 5.69 Å². The monoisotopic (exact) mass is 471 g/mol. The molecular weight excluding hydrogens is 458 g/mol. The van der Waals surface area contributed by atoms with Gasteiger partial charge in [0.2, 0.25) is 0 Å². The van der Waals surface area contributed by atoms with Crippen LogP contribution in [0.3, 0.4) is 0 Å². The first-order valence-electron chi connectivity index (χ1n) is 8.63. The Hall–Kier alpha value is -3.04. The standard InChI is InChI=1S/C20H14BrN3O4S/c21-11-6-7-13-12(9-11)15(17(25)22-13)16-18(26)24(20(29)23-16)14(19(27)28)8-10-4-2-1-3-5-10/h1-7,9,14H,8H2,(H,22,25)(H,23,29)(H,27,28). The molecule has 29 heavy (non-hydrogen) atoms. The van der Waals surface area contributed by atoms with Crippen LogP contribution >= 0.6 is 28.1 Å². The Morgan fingerprint density at radius 1 is 1.14 bits per heavy atom. The van der Waals surface area contributed by atoms with E-state index in [1.165, 1.54) is 0 Å². The highest BCUT2D eigenvalue weighted by Crippen LogP contribution is 2.37. The van der Waals surface area contributed by atoms with Gasteiger partial charge in [-0.25, -0.2) is 4.79 Å². The molecule has 3 N–H and O–H groups in total. The van der Waals surface area contributed by atoms with Gasteiger partial charge in [0.1, 0.15) is 11.7 Å². The maximum absolute atomic E-state index is 13.1. The minimum atomic E-state index is -1.20. The number of nitrogens with one attached hydrogen (secondary N) is 2. The number of aliphatic carboxylic acids is 1. The van der Waals surface area contributed by atoms with Crippen molar-refractivity contribution in [2.45, 2.75) is 12.5 Å². The van der Waals surface area contributed by atoms with Crippen LogP contribution in [0.2, 0.25) is 0 Å². The minimum absolute atomic E-state index is 0.0244. The van der Waals surface area contributed by atoms with Crippen LogP contribution in [0, 0.1) is 0 Å². The predicted molar refractivity (Wildman–Crippen MR) is 114 cm³/mol. The molecule has 7 nitrogen and oxygen atoms in total. The van der Waals surface area contributed by atoms with Gasteiger partial charge in [-0.2, -0.15) is 0 Å². The summed E-state index contributed by atoms with van der Waals surface area (Å²) in [6.07, 6.45) is 0.0840. The Balaban J connectivity index is 1.74. The second kappa shape index (κ2) is 7.41. The van der Waals surface area contributed by atoms with Gasteiger partial charge in [-0.3, -0.25) is 14.5 Å². The van der Waals surface area contributed by atoms with E-state index in [0.29, 0.717) is 11.3 Å². The van der Waals surface area contributed by atoms with Gasteiger partial charge in [-0.1, -0.05) is 46.3 Å². The van der Waals surface area contributed by atoms with Crippen LogP contribution < -0.4 is 10.6 Å². The molecule has 0 spiro atoms. The number of hydrogen-bond donors (Lipinski definition) is 3. The maximum Gasteiger partial charge on any atom is 0.327 e. The van der Waals surface area contributed by atoms with Crippen molar-refractivity contribution < 1.29 is 19.5 Å². The van der Waals surface area contributed by atoms with E-state index in [9.17, 15) is 19.5 Å². The number of carbonyl (C=O) groups excluding carboxylic acids is 2. The van der Waals surface area contributed by atoms with Crippen molar-refractivity contribution in [2.75, 3.05) is 5.32 Å². The summed E-state index contributed by atoms with van der Waals surface area (Å²) in [5.41, 5.74) is 1.98. The summed E-state index contributed by atoms with van der Waals surface area (Å²) in [4.78, 5) is 38.6. The smallest absolute Gasteiger partial charge is 0.327 e. The molecule has 1 saturated heterocycles. The van der Waals surface area contributed by atoms with Crippen molar-refractivity contribution in [1.82, 2.24) is 10.2 Å². The summed E-state index contributed by atoms with van der Waals surface area (Å²) in [5.74, 6) is -2.28. The van der Waals surface area contributed by atoms with Gasteiger partial charge in [-0.15, -0.1) is 0 Å². The summed E-state index contributed by atoms with van der Waals surface area (Å²) in [7, 11) is 0. The molecular formula is C20H14BrN3O4S. The second-order valence-corrected chi connectivity index (χ2v) is 7.85. The first-order valence-corrected chi connectivity index (χ1v) is 9.83. The SMILES string of the molecule is O=C1Nc2ccc(Br)cc2C1=C1NC(=S)N(C(Cc2ccccc2)C(=O)O)C1=O. The van der Waals surface area contributed by atoms with Gasteiger partial charge in [0, 0.05) is 22.1 Å². The predicted octanol–water partition coefficient (Wildman–Crippen LogP) is 2.52. The third-order valence-electron chi connectivity index (χ3n) is 4.73. The van der Waals surface area contributed by atoms with E-state index in [2.05, 4.69) is 26.6 Å². The normalized spacial score (nSPS) is 19.1. The number of benzene rings is 2. The summed E-state index contributed by atoms with van der Waals surface area (Å²) >= 11 is 8.62. The van der Waals surface area contributed by atoms with Crippen molar-refractivity contribution in [1.29, 1.82) is 0 Å². The number of anilines is 1. The Bertz CT molecular complexity index is 1100. The molecule has 9 heteroatoms. The van der Waals surface area contributed by atoms with Gasteiger partial charge in [-0.05, 0) is 36.0 Å². The van der Waals surface area contributed by atoms with Crippen molar-refractivity contribution >= 4 is 62.3 Å². The van der Waals surface area contributed by atoms with Gasteiger partial charge < -0.3 is 15.7 Å². The number of halogens is 1. The molecule has 1 fully saturated rings. The maximum atomic E-state index is 13.1. The molecule has 2 aromatic carbocycles. The zero-order chi connectivity index (χ0) is 20.7. The topological polar surface area (TPSA) is 98.7 Å². The number of carbonyl (C=O) groups is 3. The van der Waals surface area contributed by atoms with E-state index in [1.807, 2.05) is 6.07 Å². The molecule has 2 aromatic rings. The van der Waals surface area contributed by atoms with Crippen LogP contribution in [0.5, 0.6) is 0 Å². The molecule has 2 aliphatic rings. The summed E-state index contributed by atoms with van der Waals surface area (Å²) in [5, 5.41) is 15.2. The summed E-state index contributed by atoms with van der Waals surface area (Å²) in [6.45, 7) is 0. The molecule has 2 aliphatic heterocycles. The number of rotatable bonds is 4. The van der Waals surface area contributed by atoms with Crippen molar-refractivity contribution in [3.8, 4) is 0 Å². The summed E-state index contributed by atoms with van der Waals surface area (Å²) in [6, 6.07) is 13.0. The number of thiocarbonyl (C=S) groups is 1. The molecule has 2 heterocycles. The van der Waals surface area contributed by atoms with Gasteiger partial charge in [0.15, 0.2) is 5.11 Å². The average molecular weight is 472 g/mol. The molecule has 1 unspecified atom stereocenters. The number of fused-ring (bicyclic) bond motifs is 1. The molecule has 0 bridgehead atoms. The van der Waals surface area contributed by atoms with Crippen LogP contribution in [0.1, 0.15) is 11.1 Å². The lowest BCUT2D eigenvalue weighted by Crippen LogP contribution is -2.46. The quantitative estimate of drug-likeness (QED) is 0.468. The number of nitrogens with zero attached hydrogens (tertiary/aromatic N) is 1. The molecule has 0 aromatic heterocycles. The fourth-order valence-corrected chi connectivity index (χ4v) is 4.07. The number of carboxylic acid groups (broad SMARTS) is 1. The zero-order valence-electron chi connectivity index (χ0n) is 14.8. The Kier molecular flexibility index (Phi) is 4.93. The molecule has 0 aliphatic carbocycles. The van der Waals surface area contributed by atoms with Crippen molar-refractivity contribution in [2.24, 2.45) is 0 Å². The first kappa shape index (κ1) is 19.3. The van der Waals surface area contributed by atoms with E-state index < -0.39 is 23.8 Å². The molecule has 146 valence electrons. The molecule has 1 atom stereocenters. The number of carboxylic acids is 1. The van der Waals surface area contributed by atoms with E-state index in [1.54, 1.807) is 42.5 Å². The zero-order valence-corrected chi connectivity index (χ0v) is 17.2. The third-order valence-corrected chi connectivity index (χ3v) is 5.52. The average Bonchev–Trinajstić information content (AvgIpc) is 3.15. The molecule has 0 saturated carbocycles. The highest BCUT2D eigenvalue weighted by atomic mass is 79.9. The van der Waals surface area contributed by atoms with Crippen molar-refractivity contribution in [3.05, 3.63) is 69.8 Å². The Labute approximate surface area is 179 Å². The lowest BCUT2D eigenvalue weighted by molar-refractivity contribution is -0.145. The molecule has 4 rings (SSSR count). The highest BCUT2D eigenvalue weighted by Gasteiger charge is 2.43. The second-order valence-electron chi connectivity index (χ2n) is 6.54. The fourth-order valence-electron chi connectivity index (χ4n) is 3.40. The van der Waals surface area contributed by atoms with Gasteiger partial charge in [0.05, 0.1) is 5.57 Å². The van der Waals surface area contributed by atoms with Crippen LogP contribution in [0.15, 0.2) is 58.7 Å². The fraction of sp³-hybridized carbons (Fsp3) is 0.100. The molecule has 0 radical (unpaired) electrons. The van der Waals surface area contributed by atoms with Gasteiger partial charge in [0.25, 0.3) is 11.8 Å². The molecule has 2 amide bonds. The lowest BCUT2D eigenvalue weighted by atomic mass is 10.0. The van der Waals surface area contributed by atoms with E-state index in [0.717, 1.165) is 14.9 Å². The lowest BCUT2D eigenvalue weighted by Gasteiger charge is -2.22. The first-order chi connectivity index (χ1) is 13.9. The van der Waals surface area contributed by atoms with Gasteiger partial charge >= 0.3 is 5.97 Å². The highest BCUT2D eigenvalue weighted by molar-refractivity contribution is 9.10.